The molecule has 0 amide bonds. The van der Waals surface area contributed by atoms with E-state index in [1.165, 1.54) is 6.92 Å². The average molecular weight is 199 g/mol. The van der Waals surface area contributed by atoms with Gasteiger partial charge in [0, 0.05) is 7.79 Å². The van der Waals surface area contributed by atoms with Gasteiger partial charge >= 0.3 is 5.97 Å². The van der Waals surface area contributed by atoms with E-state index < -0.39 is 0 Å². The highest BCUT2D eigenvalue weighted by Gasteiger charge is 2.24. The molecular weight excluding hydrogens is 180 g/mol. The van der Waals surface area contributed by atoms with Crippen molar-refractivity contribution in [2.75, 3.05) is 0 Å². The van der Waals surface area contributed by atoms with Crippen molar-refractivity contribution in [2.24, 2.45) is 5.92 Å². The van der Waals surface area contributed by atoms with E-state index in [0.29, 0.717) is 12.8 Å². The highest BCUT2D eigenvalue weighted by molar-refractivity contribution is 5.81. The lowest BCUT2D eigenvalue weighted by Gasteiger charge is -2.11. The number of hydrogen-bond acceptors (Lipinski definition) is 3. The largest absolute Gasteiger partial charge is 0.462 e. The minimum absolute atomic E-state index is 0.0141. The van der Waals surface area contributed by atoms with E-state index in [0.717, 1.165) is 19.3 Å². The fourth-order valence-corrected chi connectivity index (χ4v) is 1.66. The molecule has 1 aliphatic carbocycles. The number of Topliss-reactive ketones (excluding diaryl/α,β-unsaturated/α-hetero) is 1. The normalized spacial score (nSPS) is 27.1. The van der Waals surface area contributed by atoms with Gasteiger partial charge in [0.1, 0.15) is 11.9 Å². The maximum absolute atomic E-state index is 11.3. The first kappa shape index (κ1) is 9.69. The third kappa shape index (κ3) is 3.90. The zero-order chi connectivity index (χ0) is 11.3. The van der Waals surface area contributed by atoms with Crippen LogP contribution < -0.4 is 0 Å². The molecule has 0 bridgehead atoms. The van der Waals surface area contributed by atoms with E-state index in [4.69, 9.17) is 6.11 Å². The lowest BCUT2D eigenvalue weighted by Crippen LogP contribution is -2.15. The summed E-state index contributed by atoms with van der Waals surface area (Å²) in [6.45, 7) is 1.89. The van der Waals surface area contributed by atoms with Crippen LogP contribution in [0.4, 0.5) is 0 Å². The average Bonchev–Trinajstić information content (AvgIpc) is 2.62. The Bertz CT molecular complexity index is 240. The molecule has 0 spiro atoms. The van der Waals surface area contributed by atoms with E-state index in [-0.39, 0.29) is 30.7 Å². The number of hydrogen-bond donors (Lipinski definition) is 0. The Kier molecular flexibility index (Phi) is 3.55. The van der Waals surface area contributed by atoms with Crippen molar-refractivity contribution < 1.29 is 15.7 Å². The van der Waals surface area contributed by atoms with Crippen molar-refractivity contribution in [3.05, 3.63) is 0 Å². The third-order valence-electron chi connectivity index (χ3n) is 2.47. The summed E-state index contributed by atoms with van der Waals surface area (Å²) in [7, 11) is 0. The highest BCUT2D eigenvalue weighted by Crippen LogP contribution is 2.27. The number of ether oxygens (including phenoxy) is 1. The summed E-state index contributed by atoms with van der Waals surface area (Å²) in [6.07, 6.45) is 3.11. The SMILES string of the molecule is [2H]C[C@H]1CC[C@H](OC(=O)CCC(C)=O)C1. The Morgan fingerprint density at radius 2 is 2.21 bits per heavy atom. The molecule has 0 unspecified atom stereocenters. The molecule has 1 aliphatic rings. The van der Waals surface area contributed by atoms with E-state index in [1.807, 2.05) is 0 Å². The van der Waals surface area contributed by atoms with Gasteiger partial charge in [-0.2, -0.15) is 0 Å². The standard InChI is InChI=1S/C11H18O3/c1-8-3-5-10(7-8)14-11(13)6-4-9(2)12/h8,10H,3-7H2,1-2H3/t8-,10-/m0/s1/i1D. The molecule has 0 saturated heterocycles. The van der Waals surface area contributed by atoms with Gasteiger partial charge in [0.15, 0.2) is 0 Å². The van der Waals surface area contributed by atoms with Gasteiger partial charge in [-0.1, -0.05) is 6.90 Å². The summed E-state index contributed by atoms with van der Waals surface area (Å²) in [6, 6.07) is 0. The van der Waals surface area contributed by atoms with Crippen LogP contribution in [0, 0.1) is 5.92 Å². The van der Waals surface area contributed by atoms with Crippen LogP contribution in [0.1, 0.15) is 47.3 Å². The van der Waals surface area contributed by atoms with Crippen LogP contribution in [0.2, 0.25) is 0 Å². The van der Waals surface area contributed by atoms with Gasteiger partial charge in [0.25, 0.3) is 0 Å². The van der Waals surface area contributed by atoms with Crippen LogP contribution in [-0.4, -0.2) is 17.9 Å². The maximum atomic E-state index is 11.3. The Morgan fingerprint density at radius 3 is 2.79 bits per heavy atom. The van der Waals surface area contributed by atoms with Gasteiger partial charge in [0.2, 0.25) is 0 Å². The van der Waals surface area contributed by atoms with Crippen molar-refractivity contribution >= 4 is 11.8 Å². The highest BCUT2D eigenvalue weighted by atomic mass is 16.5. The van der Waals surface area contributed by atoms with Crippen LogP contribution in [0.15, 0.2) is 0 Å². The van der Waals surface area contributed by atoms with Gasteiger partial charge < -0.3 is 9.53 Å². The van der Waals surface area contributed by atoms with Gasteiger partial charge in [0.05, 0.1) is 6.42 Å². The van der Waals surface area contributed by atoms with Crippen molar-refractivity contribution in [3.8, 4) is 0 Å². The minimum Gasteiger partial charge on any atom is -0.462 e. The quantitative estimate of drug-likeness (QED) is 0.651. The van der Waals surface area contributed by atoms with Crippen molar-refractivity contribution in [3.63, 3.8) is 0 Å². The molecule has 1 rings (SSSR count). The molecule has 2 atom stereocenters. The zero-order valence-electron chi connectivity index (χ0n) is 9.62. The van der Waals surface area contributed by atoms with Crippen molar-refractivity contribution in [1.29, 1.82) is 0 Å². The van der Waals surface area contributed by atoms with Crippen molar-refractivity contribution in [2.45, 2.75) is 52.0 Å². The van der Waals surface area contributed by atoms with Crippen LogP contribution in [-0.2, 0) is 14.3 Å². The topological polar surface area (TPSA) is 43.4 Å². The minimum atomic E-state index is -0.277. The number of esters is 1. The Hall–Kier alpha value is -0.860. The summed E-state index contributed by atoms with van der Waals surface area (Å²) < 4.78 is 12.4. The molecule has 0 heterocycles. The fraction of sp³-hybridized carbons (Fsp3) is 0.818. The summed E-state index contributed by atoms with van der Waals surface area (Å²) in [5, 5.41) is 0. The lowest BCUT2D eigenvalue weighted by atomic mass is 10.1. The number of ketones is 1. The maximum Gasteiger partial charge on any atom is 0.306 e. The van der Waals surface area contributed by atoms with E-state index in [2.05, 4.69) is 0 Å². The molecule has 80 valence electrons. The smallest absolute Gasteiger partial charge is 0.306 e. The van der Waals surface area contributed by atoms with Crippen molar-refractivity contribution in [1.82, 2.24) is 0 Å². The Balaban J connectivity index is 2.18. The van der Waals surface area contributed by atoms with Gasteiger partial charge in [-0.3, -0.25) is 4.79 Å². The second-order valence-corrected chi connectivity index (χ2v) is 3.99. The zero-order valence-corrected chi connectivity index (χ0v) is 8.62. The van der Waals surface area contributed by atoms with E-state index >= 15 is 0 Å². The van der Waals surface area contributed by atoms with Gasteiger partial charge in [-0.15, -0.1) is 0 Å². The first-order valence-corrected chi connectivity index (χ1v) is 5.10. The molecule has 0 radical (unpaired) electrons. The number of carbonyl (C=O) groups is 2. The monoisotopic (exact) mass is 199 g/mol. The number of carbonyl (C=O) groups excluding carboxylic acids is 2. The summed E-state index contributed by atoms with van der Waals surface area (Å²) in [5.41, 5.74) is 0. The molecule has 14 heavy (non-hydrogen) atoms. The van der Waals surface area contributed by atoms with Crippen LogP contribution in [0.3, 0.4) is 0 Å². The lowest BCUT2D eigenvalue weighted by molar-refractivity contribution is -0.149. The first-order chi connectivity index (χ1) is 7.11. The molecule has 0 aliphatic heterocycles. The van der Waals surface area contributed by atoms with Crippen LogP contribution in [0.5, 0.6) is 0 Å². The van der Waals surface area contributed by atoms with Crippen LogP contribution in [0.25, 0.3) is 0 Å². The summed E-state index contributed by atoms with van der Waals surface area (Å²) in [5.74, 6) is 0.124. The van der Waals surface area contributed by atoms with Crippen LogP contribution >= 0.6 is 0 Å². The van der Waals surface area contributed by atoms with E-state index in [1.54, 1.807) is 0 Å². The first-order valence-electron chi connectivity index (χ1n) is 5.80. The third-order valence-corrected chi connectivity index (χ3v) is 2.47. The summed E-state index contributed by atoms with van der Waals surface area (Å²) >= 11 is 0. The second kappa shape index (κ2) is 5.13. The van der Waals surface area contributed by atoms with Gasteiger partial charge in [-0.25, -0.2) is 0 Å². The Morgan fingerprint density at radius 1 is 1.43 bits per heavy atom. The summed E-state index contributed by atoms with van der Waals surface area (Å²) in [4.78, 5) is 21.9. The molecule has 0 aromatic heterocycles. The fourth-order valence-electron chi connectivity index (χ4n) is 1.66. The molecule has 3 nitrogen and oxygen atoms in total. The molecule has 1 saturated carbocycles. The van der Waals surface area contributed by atoms with E-state index in [9.17, 15) is 9.59 Å². The molecule has 0 N–H and O–H groups in total. The molecule has 0 aromatic rings. The molecule has 1 fully saturated rings. The second-order valence-electron chi connectivity index (χ2n) is 3.99. The molecule has 3 heteroatoms. The molecule has 0 aromatic carbocycles. The predicted molar refractivity (Wildman–Crippen MR) is 52.8 cm³/mol. The van der Waals surface area contributed by atoms with Gasteiger partial charge in [-0.05, 0) is 32.1 Å². The molecular formula is C11H18O3. The number of rotatable bonds is 4. The Labute approximate surface area is 86.2 Å². The predicted octanol–water partition coefficient (Wildman–Crippen LogP) is 2.09.